The Bertz CT molecular complexity index is 1540. The van der Waals surface area contributed by atoms with Crippen LogP contribution in [0.2, 0.25) is 0 Å². The maximum Gasteiger partial charge on any atom is 0.244 e. The number of amides is 1. The van der Waals surface area contributed by atoms with E-state index in [-0.39, 0.29) is 29.4 Å². The number of carbonyl (C=O) groups is 1. The summed E-state index contributed by atoms with van der Waals surface area (Å²) in [7, 11) is -3.92. The maximum atomic E-state index is 14.1. The minimum atomic E-state index is -3.92. The van der Waals surface area contributed by atoms with Gasteiger partial charge in [0.1, 0.15) is 0 Å². The van der Waals surface area contributed by atoms with Crippen LogP contribution >= 0.6 is 11.3 Å². The van der Waals surface area contributed by atoms with Crippen LogP contribution < -0.4 is 0 Å². The Morgan fingerprint density at radius 1 is 1.03 bits per heavy atom. The zero-order chi connectivity index (χ0) is 26.2. The zero-order valence-corrected chi connectivity index (χ0v) is 23.1. The Balaban J connectivity index is 1.53. The third-order valence-corrected chi connectivity index (χ3v) is 10.5. The highest BCUT2D eigenvalue weighted by Crippen LogP contribution is 2.39. The molecule has 0 spiro atoms. The monoisotopic (exact) mass is 532 g/mol. The molecule has 3 aromatic carbocycles. The van der Waals surface area contributed by atoms with Gasteiger partial charge in [-0.25, -0.2) is 8.42 Å². The number of rotatable bonds is 7. The second-order valence-electron chi connectivity index (χ2n) is 9.68. The number of sulfonamides is 1. The van der Waals surface area contributed by atoms with Crippen LogP contribution in [0, 0.1) is 6.92 Å². The minimum absolute atomic E-state index is 0.172. The fraction of sp³-hybridized carbons (Fsp3) is 0.300. The van der Waals surface area contributed by atoms with Gasteiger partial charge in [0, 0.05) is 22.8 Å². The molecule has 0 aliphatic carbocycles. The van der Waals surface area contributed by atoms with Crippen molar-refractivity contribution in [1.29, 1.82) is 0 Å². The number of hydrogen-bond donors (Lipinski definition) is 0. The number of nitrogens with zero attached hydrogens (tertiary/aromatic N) is 2. The third-order valence-electron chi connectivity index (χ3n) is 7.48. The summed E-state index contributed by atoms with van der Waals surface area (Å²) in [4.78, 5) is 17.4. The van der Waals surface area contributed by atoms with E-state index in [2.05, 4.69) is 30.5 Å². The second-order valence-corrected chi connectivity index (χ2v) is 12.5. The lowest BCUT2D eigenvalue weighted by Crippen LogP contribution is -2.49. The van der Waals surface area contributed by atoms with Crippen molar-refractivity contribution in [2.45, 2.75) is 50.6 Å². The summed E-state index contributed by atoms with van der Waals surface area (Å²) >= 11 is 1.72. The van der Waals surface area contributed by atoms with Crippen LogP contribution in [0.4, 0.5) is 0 Å². The third kappa shape index (κ3) is 4.72. The number of carbonyl (C=O) groups excluding carboxylic acids is 1. The summed E-state index contributed by atoms with van der Waals surface area (Å²) in [5.41, 5.74) is 3.35. The minimum Gasteiger partial charge on any atom is -0.330 e. The molecule has 0 N–H and O–H groups in total. The first kappa shape index (κ1) is 25.6. The summed E-state index contributed by atoms with van der Waals surface area (Å²) in [6.45, 7) is 6.27. The molecule has 5 nitrogen and oxygen atoms in total. The van der Waals surface area contributed by atoms with Gasteiger partial charge in [0.05, 0.1) is 17.5 Å². The van der Waals surface area contributed by atoms with Crippen LogP contribution in [-0.4, -0.2) is 42.7 Å². The van der Waals surface area contributed by atoms with Crippen molar-refractivity contribution in [3.05, 3.63) is 99.7 Å². The van der Waals surface area contributed by atoms with Gasteiger partial charge in [0.2, 0.25) is 15.9 Å². The van der Waals surface area contributed by atoms with Gasteiger partial charge in [0.25, 0.3) is 0 Å². The van der Waals surface area contributed by atoms with Gasteiger partial charge in [-0.2, -0.15) is 4.31 Å². The predicted octanol–water partition coefficient (Wildman–Crippen LogP) is 6.17. The number of benzene rings is 3. The van der Waals surface area contributed by atoms with Gasteiger partial charge < -0.3 is 4.90 Å². The molecule has 1 aliphatic heterocycles. The molecule has 2 atom stereocenters. The Morgan fingerprint density at radius 3 is 2.54 bits per heavy atom. The lowest BCUT2D eigenvalue weighted by molar-refractivity contribution is -0.133. The maximum absolute atomic E-state index is 14.1. The Kier molecular flexibility index (Phi) is 7.21. The average molecular weight is 533 g/mol. The van der Waals surface area contributed by atoms with Crippen LogP contribution in [0.15, 0.2) is 83.1 Å². The summed E-state index contributed by atoms with van der Waals surface area (Å²) in [5, 5.41) is 3.62. The fourth-order valence-corrected chi connectivity index (χ4v) is 8.04. The molecule has 0 fully saturated rings. The summed E-state index contributed by atoms with van der Waals surface area (Å²) in [6.07, 6.45) is 1.38. The Labute approximate surface area is 223 Å². The molecule has 0 saturated carbocycles. The summed E-state index contributed by atoms with van der Waals surface area (Å²) in [5.74, 6) is -0.172. The van der Waals surface area contributed by atoms with Gasteiger partial charge in [-0.1, -0.05) is 67.6 Å². The lowest BCUT2D eigenvalue weighted by atomic mass is 9.90. The van der Waals surface area contributed by atoms with E-state index >= 15 is 0 Å². The SMILES string of the molecule is CC[C@@H](C)N(CC(=O)N1CCc2sccc2[C@H]1c1ccccc1C)S(=O)(=O)c1cccc2ccccc12. The highest BCUT2D eigenvalue weighted by Gasteiger charge is 2.37. The van der Waals surface area contributed by atoms with Crippen LogP contribution in [0.25, 0.3) is 10.8 Å². The van der Waals surface area contributed by atoms with Gasteiger partial charge in [-0.05, 0) is 66.3 Å². The molecule has 0 bridgehead atoms. The topological polar surface area (TPSA) is 57.7 Å². The standard InChI is InChI=1S/C30H32N2O3S2/c1-4-22(3)32(37(34,35)28-15-9-12-23-11-6-8-14-25(23)28)20-29(33)31-18-16-27-26(17-19-36-27)30(31)24-13-7-5-10-21(24)2/h5-15,17,19,22,30H,4,16,18,20H2,1-3H3/t22-,30-/m1/s1. The van der Waals surface area contributed by atoms with Crippen LogP contribution in [0.5, 0.6) is 0 Å². The quantitative estimate of drug-likeness (QED) is 0.286. The molecule has 7 heteroatoms. The van der Waals surface area contributed by atoms with Crippen LogP contribution in [0.1, 0.15) is 47.9 Å². The fourth-order valence-electron chi connectivity index (χ4n) is 5.27. The van der Waals surface area contributed by atoms with Gasteiger partial charge in [0.15, 0.2) is 0 Å². The normalized spacial score (nSPS) is 16.6. The molecule has 37 heavy (non-hydrogen) atoms. The van der Waals surface area contributed by atoms with Crippen molar-refractivity contribution in [2.24, 2.45) is 0 Å². The van der Waals surface area contributed by atoms with Crippen molar-refractivity contribution in [1.82, 2.24) is 9.21 Å². The summed E-state index contributed by atoms with van der Waals surface area (Å²) < 4.78 is 29.6. The molecular weight excluding hydrogens is 500 g/mol. The molecule has 1 aliphatic rings. The van der Waals surface area contributed by atoms with E-state index < -0.39 is 10.0 Å². The van der Waals surface area contributed by atoms with Crippen molar-refractivity contribution >= 4 is 38.0 Å². The molecule has 0 unspecified atom stereocenters. The van der Waals surface area contributed by atoms with Crippen LogP contribution in [-0.2, 0) is 21.2 Å². The van der Waals surface area contributed by atoms with E-state index in [0.29, 0.717) is 18.4 Å². The largest absolute Gasteiger partial charge is 0.330 e. The average Bonchev–Trinajstić information content (AvgIpc) is 3.39. The Morgan fingerprint density at radius 2 is 1.76 bits per heavy atom. The molecule has 4 aromatic rings. The predicted molar refractivity (Wildman–Crippen MR) is 150 cm³/mol. The number of fused-ring (bicyclic) bond motifs is 2. The van der Waals surface area contributed by atoms with Crippen LogP contribution in [0.3, 0.4) is 0 Å². The molecule has 0 saturated heterocycles. The first-order valence-corrected chi connectivity index (χ1v) is 15.1. The van der Waals surface area contributed by atoms with E-state index in [1.165, 1.54) is 9.18 Å². The smallest absolute Gasteiger partial charge is 0.244 e. The highest BCUT2D eigenvalue weighted by atomic mass is 32.2. The molecular formula is C30H32N2O3S2. The summed E-state index contributed by atoms with van der Waals surface area (Å²) in [6, 6.07) is 22.5. The molecule has 0 radical (unpaired) electrons. The van der Waals surface area contributed by atoms with E-state index in [4.69, 9.17) is 0 Å². The molecule has 5 rings (SSSR count). The van der Waals surface area contributed by atoms with Crippen molar-refractivity contribution in [2.75, 3.05) is 13.1 Å². The van der Waals surface area contributed by atoms with Gasteiger partial charge in [-0.3, -0.25) is 4.79 Å². The zero-order valence-electron chi connectivity index (χ0n) is 21.4. The van der Waals surface area contributed by atoms with E-state index in [1.54, 1.807) is 23.5 Å². The Hall–Kier alpha value is -3.00. The lowest BCUT2D eigenvalue weighted by Gasteiger charge is -2.38. The number of thiophene rings is 1. The number of aryl methyl sites for hydroxylation is 1. The highest BCUT2D eigenvalue weighted by molar-refractivity contribution is 7.89. The van der Waals surface area contributed by atoms with E-state index in [9.17, 15) is 13.2 Å². The molecule has 192 valence electrons. The van der Waals surface area contributed by atoms with E-state index in [0.717, 1.165) is 28.5 Å². The van der Waals surface area contributed by atoms with Gasteiger partial charge >= 0.3 is 0 Å². The van der Waals surface area contributed by atoms with Gasteiger partial charge in [-0.15, -0.1) is 11.3 Å². The van der Waals surface area contributed by atoms with Crippen molar-refractivity contribution < 1.29 is 13.2 Å². The van der Waals surface area contributed by atoms with Crippen molar-refractivity contribution in [3.63, 3.8) is 0 Å². The van der Waals surface area contributed by atoms with Crippen molar-refractivity contribution in [3.8, 4) is 0 Å². The molecule has 1 amide bonds. The molecule has 2 heterocycles. The number of hydrogen-bond acceptors (Lipinski definition) is 4. The van der Waals surface area contributed by atoms with E-state index in [1.807, 2.05) is 61.2 Å². The first-order chi connectivity index (χ1) is 17.8. The second kappa shape index (κ2) is 10.4. The first-order valence-electron chi connectivity index (χ1n) is 12.7. The molecule has 1 aromatic heterocycles.